The van der Waals surface area contributed by atoms with E-state index in [4.69, 9.17) is 4.74 Å². The van der Waals surface area contributed by atoms with Gasteiger partial charge < -0.3 is 15.2 Å². The Kier molecular flexibility index (Phi) is 6.37. The van der Waals surface area contributed by atoms with Gasteiger partial charge in [-0.15, -0.1) is 0 Å². The van der Waals surface area contributed by atoms with Crippen molar-refractivity contribution in [2.75, 3.05) is 13.7 Å². The summed E-state index contributed by atoms with van der Waals surface area (Å²) in [6.07, 6.45) is 3.17. The summed E-state index contributed by atoms with van der Waals surface area (Å²) in [5.41, 5.74) is 2.14. The first-order valence-corrected chi connectivity index (χ1v) is 7.64. The number of methoxy groups -OCH3 is 1. The van der Waals surface area contributed by atoms with Crippen molar-refractivity contribution < 1.29 is 9.84 Å². The van der Waals surface area contributed by atoms with Gasteiger partial charge in [-0.3, -0.25) is 0 Å². The first-order valence-electron chi connectivity index (χ1n) is 7.64. The predicted molar refractivity (Wildman–Crippen MR) is 88.0 cm³/mol. The van der Waals surface area contributed by atoms with Gasteiger partial charge in [-0.05, 0) is 31.4 Å². The molecular weight excluding hydrogens is 276 g/mol. The molecule has 0 spiro atoms. The molecule has 2 aromatic rings. The Morgan fingerprint density at radius 2 is 1.95 bits per heavy atom. The number of nitrogens with zero attached hydrogens (tertiary/aromatic N) is 1. The number of aliphatic hydroxyl groups is 1. The second-order valence-corrected chi connectivity index (χ2v) is 5.48. The average molecular weight is 300 g/mol. The van der Waals surface area contributed by atoms with Crippen molar-refractivity contribution in [1.82, 2.24) is 10.3 Å². The molecule has 1 aromatic carbocycles. The molecule has 2 N–H and O–H groups in total. The molecule has 4 nitrogen and oxygen atoms in total. The molecular formula is C18H24N2O2. The molecule has 2 rings (SSSR count). The standard InChI is InChI=1S/C18H24N2O2/c1-14(8-9-15-6-4-3-5-7-15)19-13-17(21)16-10-11-18(22-2)20-12-16/h3-7,10-12,14,17,19,21H,8-9,13H2,1-2H3. The zero-order chi connectivity index (χ0) is 15.8. The number of pyridine rings is 1. The minimum absolute atomic E-state index is 0.348. The fraction of sp³-hybridized carbons (Fsp3) is 0.389. The van der Waals surface area contributed by atoms with Gasteiger partial charge in [0.2, 0.25) is 5.88 Å². The molecule has 22 heavy (non-hydrogen) atoms. The molecule has 0 aliphatic carbocycles. The molecule has 0 fully saturated rings. The number of aromatic nitrogens is 1. The van der Waals surface area contributed by atoms with Gasteiger partial charge >= 0.3 is 0 Å². The first kappa shape index (κ1) is 16.5. The van der Waals surface area contributed by atoms with Crippen molar-refractivity contribution in [3.05, 3.63) is 59.8 Å². The van der Waals surface area contributed by atoms with Gasteiger partial charge in [-0.2, -0.15) is 0 Å². The number of benzene rings is 1. The van der Waals surface area contributed by atoms with Crippen LogP contribution in [0.5, 0.6) is 5.88 Å². The lowest BCUT2D eigenvalue weighted by Gasteiger charge is -2.17. The summed E-state index contributed by atoms with van der Waals surface area (Å²) >= 11 is 0. The Hall–Kier alpha value is -1.91. The SMILES string of the molecule is COc1ccc(C(O)CNC(C)CCc2ccccc2)cn1. The number of nitrogens with one attached hydrogen (secondary N) is 1. The highest BCUT2D eigenvalue weighted by Crippen LogP contribution is 2.14. The third-order valence-electron chi connectivity index (χ3n) is 3.72. The smallest absolute Gasteiger partial charge is 0.212 e. The van der Waals surface area contributed by atoms with E-state index in [2.05, 4.69) is 41.5 Å². The van der Waals surface area contributed by atoms with Crippen molar-refractivity contribution in [2.24, 2.45) is 0 Å². The van der Waals surface area contributed by atoms with Crippen LogP contribution in [0.2, 0.25) is 0 Å². The van der Waals surface area contributed by atoms with Gasteiger partial charge in [0, 0.05) is 30.4 Å². The van der Waals surface area contributed by atoms with Crippen LogP contribution in [0.25, 0.3) is 0 Å². The minimum atomic E-state index is -0.558. The Morgan fingerprint density at radius 3 is 2.59 bits per heavy atom. The summed E-state index contributed by atoms with van der Waals surface area (Å²) < 4.78 is 5.01. The molecule has 0 saturated carbocycles. The van der Waals surface area contributed by atoms with Crippen LogP contribution in [0, 0.1) is 0 Å². The largest absolute Gasteiger partial charge is 0.481 e. The van der Waals surface area contributed by atoms with Crippen molar-refractivity contribution in [3.8, 4) is 5.88 Å². The maximum Gasteiger partial charge on any atom is 0.212 e. The van der Waals surface area contributed by atoms with E-state index in [0.717, 1.165) is 18.4 Å². The van der Waals surface area contributed by atoms with Crippen LogP contribution >= 0.6 is 0 Å². The number of aliphatic hydroxyl groups excluding tert-OH is 1. The van der Waals surface area contributed by atoms with Gasteiger partial charge in [0.05, 0.1) is 13.2 Å². The van der Waals surface area contributed by atoms with Crippen LogP contribution < -0.4 is 10.1 Å². The Labute approximate surface area is 132 Å². The molecule has 2 atom stereocenters. The fourth-order valence-corrected chi connectivity index (χ4v) is 2.27. The van der Waals surface area contributed by atoms with Crippen LogP contribution in [-0.4, -0.2) is 29.8 Å². The lowest BCUT2D eigenvalue weighted by atomic mass is 10.1. The zero-order valence-corrected chi connectivity index (χ0v) is 13.2. The van der Waals surface area contributed by atoms with E-state index >= 15 is 0 Å². The summed E-state index contributed by atoms with van der Waals surface area (Å²) in [6.45, 7) is 2.66. The molecule has 4 heteroatoms. The molecule has 118 valence electrons. The highest BCUT2D eigenvalue weighted by molar-refractivity contribution is 5.20. The van der Waals surface area contributed by atoms with Crippen molar-refractivity contribution in [3.63, 3.8) is 0 Å². The topological polar surface area (TPSA) is 54.4 Å². The highest BCUT2D eigenvalue weighted by atomic mass is 16.5. The van der Waals surface area contributed by atoms with Gasteiger partial charge in [0.15, 0.2) is 0 Å². The quantitative estimate of drug-likeness (QED) is 0.787. The van der Waals surface area contributed by atoms with Gasteiger partial charge in [0.25, 0.3) is 0 Å². The van der Waals surface area contributed by atoms with E-state index in [1.165, 1.54) is 5.56 Å². The van der Waals surface area contributed by atoms with Crippen molar-refractivity contribution in [2.45, 2.75) is 31.9 Å². The van der Waals surface area contributed by atoms with Crippen LogP contribution in [0.3, 0.4) is 0 Å². The van der Waals surface area contributed by atoms with Crippen LogP contribution in [0.15, 0.2) is 48.7 Å². The van der Waals surface area contributed by atoms with Crippen LogP contribution in [0.4, 0.5) is 0 Å². The lowest BCUT2D eigenvalue weighted by molar-refractivity contribution is 0.169. The Balaban J connectivity index is 1.74. The Morgan fingerprint density at radius 1 is 1.18 bits per heavy atom. The van der Waals surface area contributed by atoms with E-state index in [0.29, 0.717) is 18.5 Å². The van der Waals surface area contributed by atoms with Gasteiger partial charge in [-0.1, -0.05) is 30.3 Å². The summed E-state index contributed by atoms with van der Waals surface area (Å²) in [5.74, 6) is 0.556. The highest BCUT2D eigenvalue weighted by Gasteiger charge is 2.10. The van der Waals surface area contributed by atoms with Crippen molar-refractivity contribution in [1.29, 1.82) is 0 Å². The summed E-state index contributed by atoms with van der Waals surface area (Å²) in [4.78, 5) is 4.11. The van der Waals surface area contributed by atoms with Crippen LogP contribution in [-0.2, 0) is 6.42 Å². The zero-order valence-electron chi connectivity index (χ0n) is 13.2. The molecule has 2 unspecified atom stereocenters. The van der Waals surface area contributed by atoms with E-state index in [-0.39, 0.29) is 0 Å². The maximum absolute atomic E-state index is 10.2. The van der Waals surface area contributed by atoms with E-state index < -0.39 is 6.10 Å². The Bertz CT molecular complexity index is 543. The van der Waals surface area contributed by atoms with E-state index in [1.54, 1.807) is 19.4 Å². The average Bonchev–Trinajstić information content (AvgIpc) is 2.58. The second kappa shape index (κ2) is 8.51. The molecule has 1 heterocycles. The molecule has 0 aliphatic heterocycles. The molecule has 0 radical (unpaired) electrons. The van der Waals surface area contributed by atoms with Gasteiger partial charge in [0.1, 0.15) is 0 Å². The van der Waals surface area contributed by atoms with Gasteiger partial charge in [-0.25, -0.2) is 4.98 Å². The lowest BCUT2D eigenvalue weighted by Crippen LogP contribution is -2.30. The summed E-state index contributed by atoms with van der Waals surface area (Å²) in [6, 6.07) is 14.4. The monoisotopic (exact) mass is 300 g/mol. The number of ether oxygens (including phenoxy) is 1. The third-order valence-corrected chi connectivity index (χ3v) is 3.72. The van der Waals surface area contributed by atoms with E-state index in [9.17, 15) is 5.11 Å². The molecule has 1 aromatic heterocycles. The van der Waals surface area contributed by atoms with Crippen LogP contribution in [0.1, 0.15) is 30.6 Å². The molecule has 0 aliphatic rings. The minimum Gasteiger partial charge on any atom is -0.481 e. The second-order valence-electron chi connectivity index (χ2n) is 5.48. The fourth-order valence-electron chi connectivity index (χ4n) is 2.27. The molecule has 0 saturated heterocycles. The predicted octanol–water partition coefficient (Wildman–Crippen LogP) is 2.73. The third kappa shape index (κ3) is 5.13. The number of rotatable bonds is 8. The summed E-state index contributed by atoms with van der Waals surface area (Å²) in [5, 5.41) is 13.5. The summed E-state index contributed by atoms with van der Waals surface area (Å²) in [7, 11) is 1.58. The van der Waals surface area contributed by atoms with E-state index in [1.807, 2.05) is 12.1 Å². The molecule has 0 amide bonds. The normalized spacial score (nSPS) is 13.6. The number of hydrogen-bond donors (Lipinski definition) is 2. The first-order chi connectivity index (χ1) is 10.7. The number of hydrogen-bond acceptors (Lipinski definition) is 4. The number of aryl methyl sites for hydroxylation is 1. The molecule has 0 bridgehead atoms. The maximum atomic E-state index is 10.2. The van der Waals surface area contributed by atoms with Crippen molar-refractivity contribution >= 4 is 0 Å².